The maximum Gasteiger partial charge on any atom is 0.264 e. The number of nitrogens with zero attached hydrogens (tertiary/aromatic N) is 3. The van der Waals surface area contributed by atoms with Gasteiger partial charge in [-0.05, 0) is 32.6 Å². The Morgan fingerprint density at radius 1 is 1.37 bits per heavy atom. The van der Waals surface area contributed by atoms with Gasteiger partial charge in [-0.2, -0.15) is 8.42 Å². The number of hydrogen-bond donors (Lipinski definition) is 1. The van der Waals surface area contributed by atoms with Gasteiger partial charge in [0.2, 0.25) is 5.95 Å². The van der Waals surface area contributed by atoms with Crippen molar-refractivity contribution in [2.45, 2.75) is 13.0 Å². The Bertz CT molecular complexity index is 954. The Labute approximate surface area is 159 Å². The van der Waals surface area contributed by atoms with Gasteiger partial charge in [-0.3, -0.25) is 4.18 Å². The molecule has 0 aliphatic carbocycles. The zero-order valence-corrected chi connectivity index (χ0v) is 16.8. The Hall–Kier alpha value is -1.84. The fourth-order valence-electron chi connectivity index (χ4n) is 4.00. The zero-order chi connectivity index (χ0) is 19.2. The minimum atomic E-state index is -3.45. The third kappa shape index (κ3) is 3.90. The Kier molecular flexibility index (Phi) is 4.77. The quantitative estimate of drug-likeness (QED) is 0.762. The third-order valence-corrected chi connectivity index (χ3v) is 5.63. The summed E-state index contributed by atoms with van der Waals surface area (Å²) in [4.78, 5) is 6.94. The topological polar surface area (TPSA) is 85.7 Å². The van der Waals surface area contributed by atoms with E-state index in [4.69, 9.17) is 13.9 Å². The highest BCUT2D eigenvalue weighted by atomic mass is 32.2. The number of ether oxygens (including phenoxy) is 1. The van der Waals surface area contributed by atoms with Crippen LogP contribution in [0.15, 0.2) is 12.1 Å². The second-order valence-electron chi connectivity index (χ2n) is 7.83. The molecule has 148 valence electrons. The van der Waals surface area contributed by atoms with Gasteiger partial charge >= 0.3 is 0 Å². The number of fused-ring (bicyclic) bond motifs is 5. The molecule has 1 aromatic carbocycles. The molecule has 1 aromatic heterocycles. The lowest BCUT2D eigenvalue weighted by Crippen LogP contribution is -2.35. The van der Waals surface area contributed by atoms with Crippen LogP contribution in [0.25, 0.3) is 11.0 Å². The summed E-state index contributed by atoms with van der Waals surface area (Å²) in [5.74, 6) is 2.24. The molecule has 0 saturated carbocycles. The van der Waals surface area contributed by atoms with Gasteiger partial charge in [-0.15, -0.1) is 0 Å². The standard InChI is InChI=1S/C18H26N4O4S/c1-21(2)8-13-7-19-18-20-15-4-5-16-14(17(15)22(18)9-13)6-12(10-25-16)11-26-27(3,23)24/h4-5,12-13H,6-11H2,1-3H3,(H,19,20). The SMILES string of the molecule is CN(C)CC1CNc2nc3ccc4c(c3n2C1)CC(COS(C)(=O)=O)CO4. The van der Waals surface area contributed by atoms with E-state index in [1.54, 1.807) is 0 Å². The molecule has 0 saturated heterocycles. The summed E-state index contributed by atoms with van der Waals surface area (Å²) in [6, 6.07) is 3.96. The van der Waals surface area contributed by atoms with Crippen LogP contribution in [0.3, 0.4) is 0 Å². The molecule has 8 nitrogen and oxygen atoms in total. The summed E-state index contributed by atoms with van der Waals surface area (Å²) in [5.41, 5.74) is 3.12. The van der Waals surface area contributed by atoms with Crippen LogP contribution in [0, 0.1) is 11.8 Å². The van der Waals surface area contributed by atoms with Gasteiger partial charge in [-0.25, -0.2) is 4.98 Å². The summed E-state index contributed by atoms with van der Waals surface area (Å²) < 4.78 is 35.8. The first-order chi connectivity index (χ1) is 12.8. The molecule has 0 spiro atoms. The fourth-order valence-corrected chi connectivity index (χ4v) is 4.44. The first-order valence-electron chi connectivity index (χ1n) is 9.18. The zero-order valence-electron chi connectivity index (χ0n) is 15.9. The van der Waals surface area contributed by atoms with Crippen molar-refractivity contribution in [2.75, 3.05) is 52.0 Å². The molecule has 1 N–H and O–H groups in total. The molecule has 2 unspecified atom stereocenters. The van der Waals surface area contributed by atoms with E-state index in [1.165, 1.54) is 0 Å². The molecular formula is C18H26N4O4S. The van der Waals surface area contributed by atoms with Crippen molar-refractivity contribution in [1.82, 2.24) is 14.5 Å². The average molecular weight is 394 g/mol. The van der Waals surface area contributed by atoms with Crippen molar-refractivity contribution < 1.29 is 17.3 Å². The second kappa shape index (κ2) is 6.96. The van der Waals surface area contributed by atoms with Crippen molar-refractivity contribution in [2.24, 2.45) is 11.8 Å². The molecule has 0 fully saturated rings. The number of hydrogen-bond acceptors (Lipinski definition) is 7. The molecule has 2 aliphatic rings. The van der Waals surface area contributed by atoms with E-state index in [0.717, 1.165) is 54.2 Å². The first kappa shape index (κ1) is 18.5. The van der Waals surface area contributed by atoms with Gasteiger partial charge < -0.3 is 19.5 Å². The van der Waals surface area contributed by atoms with Gasteiger partial charge in [0.1, 0.15) is 5.75 Å². The summed E-state index contributed by atoms with van der Waals surface area (Å²) in [6.45, 7) is 3.40. The lowest BCUT2D eigenvalue weighted by Gasteiger charge is -2.29. The van der Waals surface area contributed by atoms with Gasteiger partial charge in [-0.1, -0.05) is 0 Å². The van der Waals surface area contributed by atoms with Crippen LogP contribution >= 0.6 is 0 Å². The van der Waals surface area contributed by atoms with Crippen LogP contribution in [-0.2, 0) is 27.3 Å². The Morgan fingerprint density at radius 3 is 2.93 bits per heavy atom. The van der Waals surface area contributed by atoms with E-state index in [1.807, 2.05) is 12.1 Å². The highest BCUT2D eigenvalue weighted by Gasteiger charge is 2.28. The smallest absolute Gasteiger partial charge is 0.264 e. The first-order valence-corrected chi connectivity index (χ1v) is 11.0. The lowest BCUT2D eigenvalue weighted by molar-refractivity contribution is 0.163. The summed E-state index contributed by atoms with van der Waals surface area (Å²) in [7, 11) is 0.720. The largest absolute Gasteiger partial charge is 0.493 e. The van der Waals surface area contributed by atoms with Crippen LogP contribution in [-0.4, -0.2) is 69.5 Å². The molecule has 0 radical (unpaired) electrons. The molecule has 3 heterocycles. The molecule has 2 aliphatic heterocycles. The van der Waals surface area contributed by atoms with Crippen LogP contribution in [0.5, 0.6) is 5.75 Å². The molecule has 0 amide bonds. The van der Waals surface area contributed by atoms with Crippen LogP contribution in [0.4, 0.5) is 5.95 Å². The van der Waals surface area contributed by atoms with Crippen molar-refractivity contribution in [3.63, 3.8) is 0 Å². The number of aromatic nitrogens is 2. The fraction of sp³-hybridized carbons (Fsp3) is 0.611. The summed E-state index contributed by atoms with van der Waals surface area (Å²) in [5, 5.41) is 3.45. The van der Waals surface area contributed by atoms with E-state index < -0.39 is 10.1 Å². The molecular weight excluding hydrogens is 368 g/mol. The molecule has 0 bridgehead atoms. The van der Waals surface area contributed by atoms with Crippen LogP contribution in [0.1, 0.15) is 5.56 Å². The predicted octanol–water partition coefficient (Wildman–Crippen LogP) is 1.17. The molecule has 9 heteroatoms. The summed E-state index contributed by atoms with van der Waals surface area (Å²) in [6.07, 6.45) is 1.79. The minimum Gasteiger partial charge on any atom is -0.493 e. The number of imidazole rings is 1. The Balaban J connectivity index is 1.65. The van der Waals surface area contributed by atoms with Crippen molar-refractivity contribution >= 4 is 27.1 Å². The highest BCUT2D eigenvalue weighted by Crippen LogP contribution is 2.36. The van der Waals surface area contributed by atoms with Gasteiger partial charge in [0.25, 0.3) is 10.1 Å². The predicted molar refractivity (Wildman–Crippen MR) is 104 cm³/mol. The summed E-state index contributed by atoms with van der Waals surface area (Å²) >= 11 is 0. The third-order valence-electron chi connectivity index (χ3n) is 5.07. The van der Waals surface area contributed by atoms with E-state index in [9.17, 15) is 8.42 Å². The van der Waals surface area contributed by atoms with Gasteiger partial charge in [0, 0.05) is 37.0 Å². The molecule has 2 aromatic rings. The van der Waals surface area contributed by atoms with E-state index >= 15 is 0 Å². The van der Waals surface area contributed by atoms with E-state index in [-0.39, 0.29) is 12.5 Å². The van der Waals surface area contributed by atoms with Crippen LogP contribution in [0.2, 0.25) is 0 Å². The van der Waals surface area contributed by atoms with Crippen molar-refractivity contribution in [3.05, 3.63) is 17.7 Å². The lowest BCUT2D eigenvalue weighted by atomic mass is 9.96. The molecule has 27 heavy (non-hydrogen) atoms. The molecule has 4 rings (SSSR count). The van der Waals surface area contributed by atoms with E-state index in [2.05, 4.69) is 28.9 Å². The van der Waals surface area contributed by atoms with Crippen molar-refractivity contribution in [1.29, 1.82) is 0 Å². The number of nitrogens with one attached hydrogen (secondary N) is 1. The Morgan fingerprint density at radius 2 is 2.19 bits per heavy atom. The monoisotopic (exact) mass is 394 g/mol. The van der Waals surface area contributed by atoms with Gasteiger partial charge in [0.05, 0.1) is 30.5 Å². The average Bonchev–Trinajstić information content (AvgIpc) is 2.97. The normalized spacial score (nSPS) is 22.2. The van der Waals surface area contributed by atoms with E-state index in [0.29, 0.717) is 18.9 Å². The minimum absolute atomic E-state index is 0.00176. The van der Waals surface area contributed by atoms with Crippen LogP contribution < -0.4 is 10.1 Å². The molecule has 2 atom stereocenters. The highest BCUT2D eigenvalue weighted by molar-refractivity contribution is 7.85. The number of benzene rings is 1. The van der Waals surface area contributed by atoms with Crippen molar-refractivity contribution in [3.8, 4) is 5.75 Å². The number of rotatable bonds is 5. The van der Waals surface area contributed by atoms with Gasteiger partial charge in [0.15, 0.2) is 0 Å². The second-order valence-corrected chi connectivity index (χ2v) is 9.48. The number of anilines is 1. The maximum atomic E-state index is 11.3. The maximum absolute atomic E-state index is 11.3.